The molecule has 0 aliphatic carbocycles. The van der Waals surface area contributed by atoms with Gasteiger partial charge in [0, 0.05) is 16.7 Å². The van der Waals surface area contributed by atoms with E-state index in [4.69, 9.17) is 14.2 Å². The van der Waals surface area contributed by atoms with Crippen molar-refractivity contribution in [1.82, 2.24) is 9.38 Å². The van der Waals surface area contributed by atoms with E-state index >= 15 is 0 Å². The van der Waals surface area contributed by atoms with Crippen LogP contribution in [0.1, 0.15) is 29.9 Å². The summed E-state index contributed by atoms with van der Waals surface area (Å²) in [4.78, 5) is 28.9. The minimum Gasteiger partial charge on any atom is -0.493 e. The molecule has 0 N–H and O–H groups in total. The molecular weight excluding hydrogens is 428 g/mol. The van der Waals surface area contributed by atoms with E-state index in [9.17, 15) is 9.59 Å². The predicted molar refractivity (Wildman–Crippen MR) is 107 cm³/mol. The van der Waals surface area contributed by atoms with E-state index in [0.29, 0.717) is 28.4 Å². The van der Waals surface area contributed by atoms with Crippen molar-refractivity contribution in [3.8, 4) is 11.5 Å². The first-order valence-electron chi connectivity index (χ1n) is 8.57. The van der Waals surface area contributed by atoms with E-state index in [2.05, 4.69) is 20.9 Å². The second kappa shape index (κ2) is 8.43. The summed E-state index contributed by atoms with van der Waals surface area (Å²) in [7, 11) is 1.50. The van der Waals surface area contributed by atoms with Crippen LogP contribution >= 0.6 is 15.9 Å². The van der Waals surface area contributed by atoms with Crippen LogP contribution in [-0.4, -0.2) is 28.6 Å². The van der Waals surface area contributed by atoms with Crippen LogP contribution in [0.15, 0.2) is 51.9 Å². The van der Waals surface area contributed by atoms with Gasteiger partial charge in [-0.3, -0.25) is 9.20 Å². The van der Waals surface area contributed by atoms with Crippen molar-refractivity contribution in [3.05, 3.63) is 68.7 Å². The zero-order valence-corrected chi connectivity index (χ0v) is 17.2. The lowest BCUT2D eigenvalue weighted by Gasteiger charge is -2.14. The SMILES string of the molecule is COc1cc(C(=O)OCc2cc(=O)n3cc(Br)ccc3n2)ccc1OC(C)C. The smallest absolute Gasteiger partial charge is 0.338 e. The Kier molecular flexibility index (Phi) is 5.99. The normalized spacial score (nSPS) is 10.9. The number of methoxy groups -OCH3 is 1. The molecule has 2 aromatic heterocycles. The molecule has 0 saturated heterocycles. The number of pyridine rings is 1. The van der Waals surface area contributed by atoms with Gasteiger partial charge in [0.1, 0.15) is 12.3 Å². The monoisotopic (exact) mass is 446 g/mol. The topological polar surface area (TPSA) is 79.1 Å². The molecule has 2 heterocycles. The molecular formula is C20H19BrN2O5. The average Bonchev–Trinajstić information content (AvgIpc) is 2.66. The van der Waals surface area contributed by atoms with Gasteiger partial charge >= 0.3 is 5.97 Å². The molecule has 0 saturated carbocycles. The number of aromatic nitrogens is 2. The highest BCUT2D eigenvalue weighted by Gasteiger charge is 2.14. The van der Waals surface area contributed by atoms with Crippen molar-refractivity contribution >= 4 is 27.5 Å². The highest BCUT2D eigenvalue weighted by atomic mass is 79.9. The van der Waals surface area contributed by atoms with Crippen molar-refractivity contribution < 1.29 is 19.0 Å². The van der Waals surface area contributed by atoms with E-state index in [-0.39, 0.29) is 18.3 Å². The fourth-order valence-electron chi connectivity index (χ4n) is 2.57. The third-order valence-electron chi connectivity index (χ3n) is 3.79. The number of fused-ring (bicyclic) bond motifs is 1. The standard InChI is InChI=1S/C20H19BrN2O5/c1-12(2)28-16-6-4-13(8-17(16)26-3)20(25)27-11-15-9-19(24)23-10-14(21)5-7-18(23)22-15/h4-10,12H,11H2,1-3H3. The summed E-state index contributed by atoms with van der Waals surface area (Å²) >= 11 is 3.31. The molecule has 0 spiro atoms. The van der Waals surface area contributed by atoms with Crippen molar-refractivity contribution in [2.75, 3.05) is 7.11 Å². The Labute approximate surface area is 170 Å². The molecule has 3 aromatic rings. The summed E-state index contributed by atoms with van der Waals surface area (Å²) in [5, 5.41) is 0. The second-order valence-electron chi connectivity index (χ2n) is 6.27. The lowest BCUT2D eigenvalue weighted by Crippen LogP contribution is -2.16. The Morgan fingerprint density at radius 2 is 1.96 bits per heavy atom. The number of ether oxygens (including phenoxy) is 3. The second-order valence-corrected chi connectivity index (χ2v) is 7.19. The summed E-state index contributed by atoms with van der Waals surface area (Å²) in [6.45, 7) is 3.69. The van der Waals surface area contributed by atoms with Gasteiger partial charge in [-0.15, -0.1) is 0 Å². The maximum atomic E-state index is 12.4. The summed E-state index contributed by atoms with van der Waals surface area (Å²) in [6.07, 6.45) is 1.61. The number of carbonyl (C=O) groups excluding carboxylic acids is 1. The van der Waals surface area contributed by atoms with E-state index in [0.717, 1.165) is 4.47 Å². The summed E-state index contributed by atoms with van der Waals surface area (Å²) in [5.74, 6) is 0.437. The van der Waals surface area contributed by atoms with Crippen LogP contribution in [0.5, 0.6) is 11.5 Å². The molecule has 1 aromatic carbocycles. The third-order valence-corrected chi connectivity index (χ3v) is 4.26. The number of hydrogen-bond donors (Lipinski definition) is 0. The van der Waals surface area contributed by atoms with Gasteiger partial charge in [0.15, 0.2) is 11.5 Å². The molecule has 7 nitrogen and oxygen atoms in total. The number of benzene rings is 1. The molecule has 0 amide bonds. The molecule has 3 rings (SSSR count). The van der Waals surface area contributed by atoms with Gasteiger partial charge in [0.05, 0.1) is 24.5 Å². The zero-order chi connectivity index (χ0) is 20.3. The maximum absolute atomic E-state index is 12.4. The van der Waals surface area contributed by atoms with Crippen LogP contribution in [0.2, 0.25) is 0 Å². The van der Waals surface area contributed by atoms with E-state index in [1.165, 1.54) is 17.6 Å². The fourth-order valence-corrected chi connectivity index (χ4v) is 2.91. The minimum atomic E-state index is -0.549. The van der Waals surface area contributed by atoms with Crippen LogP contribution in [0.4, 0.5) is 0 Å². The van der Waals surface area contributed by atoms with Crippen LogP contribution in [0.3, 0.4) is 0 Å². The Hall–Kier alpha value is -2.87. The Morgan fingerprint density at radius 3 is 2.68 bits per heavy atom. The van der Waals surface area contributed by atoms with E-state index in [1.54, 1.807) is 36.5 Å². The number of nitrogens with zero attached hydrogens (tertiary/aromatic N) is 2. The van der Waals surface area contributed by atoms with E-state index in [1.807, 2.05) is 13.8 Å². The maximum Gasteiger partial charge on any atom is 0.338 e. The zero-order valence-electron chi connectivity index (χ0n) is 15.6. The summed E-state index contributed by atoms with van der Waals surface area (Å²) in [6, 6.07) is 9.64. The lowest BCUT2D eigenvalue weighted by molar-refractivity contribution is 0.0467. The van der Waals surface area contributed by atoms with Crippen molar-refractivity contribution in [2.24, 2.45) is 0 Å². The molecule has 28 heavy (non-hydrogen) atoms. The van der Waals surface area contributed by atoms with Gasteiger partial charge in [0.2, 0.25) is 0 Å². The van der Waals surface area contributed by atoms with Crippen molar-refractivity contribution in [3.63, 3.8) is 0 Å². The molecule has 0 aliphatic heterocycles. The largest absolute Gasteiger partial charge is 0.493 e. The number of hydrogen-bond acceptors (Lipinski definition) is 6. The first kappa shape index (κ1) is 19.9. The first-order chi connectivity index (χ1) is 13.4. The number of rotatable bonds is 6. The molecule has 8 heteroatoms. The highest BCUT2D eigenvalue weighted by Crippen LogP contribution is 2.29. The molecule has 0 atom stereocenters. The summed E-state index contributed by atoms with van der Waals surface area (Å²) in [5.41, 5.74) is 0.898. The van der Waals surface area contributed by atoms with Gasteiger partial charge in [-0.1, -0.05) is 0 Å². The predicted octanol–water partition coefficient (Wildman–Crippen LogP) is 3.61. The third kappa shape index (κ3) is 4.51. The van der Waals surface area contributed by atoms with Crippen LogP contribution in [0.25, 0.3) is 5.65 Å². The van der Waals surface area contributed by atoms with Crippen LogP contribution in [-0.2, 0) is 11.3 Å². The van der Waals surface area contributed by atoms with Gasteiger partial charge in [0.25, 0.3) is 5.56 Å². The quantitative estimate of drug-likeness (QED) is 0.538. The Balaban J connectivity index is 1.76. The number of esters is 1. The molecule has 0 bridgehead atoms. The van der Waals surface area contributed by atoms with Gasteiger partial charge in [-0.2, -0.15) is 0 Å². The highest BCUT2D eigenvalue weighted by molar-refractivity contribution is 9.10. The molecule has 0 aliphatic rings. The minimum absolute atomic E-state index is 0.0227. The van der Waals surface area contributed by atoms with Gasteiger partial charge < -0.3 is 14.2 Å². The van der Waals surface area contributed by atoms with Gasteiger partial charge in [-0.25, -0.2) is 9.78 Å². The Morgan fingerprint density at radius 1 is 1.18 bits per heavy atom. The summed E-state index contributed by atoms with van der Waals surface area (Å²) < 4.78 is 18.4. The molecule has 0 radical (unpaired) electrons. The van der Waals surface area contributed by atoms with Gasteiger partial charge in [-0.05, 0) is 60.1 Å². The molecule has 0 unspecified atom stereocenters. The molecule has 0 fully saturated rings. The first-order valence-corrected chi connectivity index (χ1v) is 9.36. The van der Waals surface area contributed by atoms with Crippen LogP contribution in [0, 0.1) is 0 Å². The Bertz CT molecular complexity index is 1080. The lowest BCUT2D eigenvalue weighted by atomic mass is 10.2. The number of carbonyl (C=O) groups is 1. The molecule has 146 valence electrons. The van der Waals surface area contributed by atoms with Crippen molar-refractivity contribution in [2.45, 2.75) is 26.6 Å². The number of halogens is 1. The van der Waals surface area contributed by atoms with Crippen LogP contribution < -0.4 is 15.0 Å². The fraction of sp³-hybridized carbons (Fsp3) is 0.250. The van der Waals surface area contributed by atoms with Crippen molar-refractivity contribution in [1.29, 1.82) is 0 Å². The van der Waals surface area contributed by atoms with E-state index < -0.39 is 5.97 Å². The average molecular weight is 447 g/mol.